The molecule has 1 aliphatic heterocycles. The maximum atomic E-state index is 11.5. The first kappa shape index (κ1) is 22.4. The molecule has 6 nitrogen and oxygen atoms in total. The van der Waals surface area contributed by atoms with E-state index in [2.05, 4.69) is 29.6 Å². The summed E-state index contributed by atoms with van der Waals surface area (Å²) in [7, 11) is 1.41. The molecule has 1 unspecified atom stereocenters. The van der Waals surface area contributed by atoms with Crippen LogP contribution in [0.15, 0.2) is 41.4 Å². The summed E-state index contributed by atoms with van der Waals surface area (Å²) >= 11 is 1.75. The molecule has 0 saturated carbocycles. The van der Waals surface area contributed by atoms with Gasteiger partial charge in [-0.1, -0.05) is 30.0 Å². The number of benzene rings is 2. The summed E-state index contributed by atoms with van der Waals surface area (Å²) in [6.07, 6.45) is 1.97. The van der Waals surface area contributed by atoms with E-state index in [-0.39, 0.29) is 29.9 Å². The standard InChI is InChI=1S/C25H27N3O3S/c1-15(2)31-22-10-7-16(11-17(22)12-26)25-28-13-23(32-25)20-6-4-5-19-18(20)8-9-21(19)27-14-24(29)30-3/h4-7,10-11,15,21,23,27H,8-9,13-14H2,1-3H3/t21-,23?/m0/s1. The zero-order valence-electron chi connectivity index (χ0n) is 18.6. The molecule has 0 saturated heterocycles. The normalized spacial score (nSPS) is 19.4. The number of rotatable bonds is 7. The number of carbonyl (C=O) groups is 1. The van der Waals surface area contributed by atoms with Crippen molar-refractivity contribution in [3.05, 3.63) is 64.2 Å². The van der Waals surface area contributed by atoms with Gasteiger partial charge in [0.15, 0.2) is 0 Å². The summed E-state index contributed by atoms with van der Waals surface area (Å²) in [4.78, 5) is 16.3. The Balaban J connectivity index is 1.49. The lowest BCUT2D eigenvalue weighted by molar-refractivity contribution is -0.139. The van der Waals surface area contributed by atoms with Crippen LogP contribution >= 0.6 is 11.8 Å². The molecule has 4 rings (SSSR count). The van der Waals surface area contributed by atoms with Crippen LogP contribution in [0, 0.1) is 11.3 Å². The van der Waals surface area contributed by atoms with Crippen LogP contribution in [0.2, 0.25) is 0 Å². The highest BCUT2D eigenvalue weighted by Gasteiger charge is 2.30. The summed E-state index contributed by atoms with van der Waals surface area (Å²) < 4.78 is 10.5. The van der Waals surface area contributed by atoms with E-state index >= 15 is 0 Å². The first-order valence-electron chi connectivity index (χ1n) is 10.8. The number of fused-ring (bicyclic) bond motifs is 1. The lowest BCUT2D eigenvalue weighted by Gasteiger charge is -2.17. The highest BCUT2D eigenvalue weighted by atomic mass is 32.2. The van der Waals surface area contributed by atoms with Crippen molar-refractivity contribution in [2.24, 2.45) is 4.99 Å². The molecular weight excluding hydrogens is 422 g/mol. The van der Waals surface area contributed by atoms with Gasteiger partial charge in [-0.25, -0.2) is 0 Å². The van der Waals surface area contributed by atoms with Gasteiger partial charge in [-0.2, -0.15) is 5.26 Å². The predicted octanol–water partition coefficient (Wildman–Crippen LogP) is 4.33. The van der Waals surface area contributed by atoms with E-state index < -0.39 is 0 Å². The molecule has 0 amide bonds. The molecule has 32 heavy (non-hydrogen) atoms. The van der Waals surface area contributed by atoms with E-state index in [1.165, 1.54) is 23.8 Å². The van der Waals surface area contributed by atoms with Gasteiger partial charge in [0.1, 0.15) is 11.8 Å². The Labute approximate surface area is 193 Å². The first-order valence-corrected chi connectivity index (χ1v) is 11.7. The molecule has 1 N–H and O–H groups in total. The number of ether oxygens (including phenoxy) is 2. The van der Waals surface area contributed by atoms with Crippen LogP contribution in [0.25, 0.3) is 0 Å². The maximum Gasteiger partial charge on any atom is 0.319 e. The van der Waals surface area contributed by atoms with Crippen molar-refractivity contribution in [1.82, 2.24) is 5.32 Å². The second kappa shape index (κ2) is 9.76. The minimum atomic E-state index is -0.249. The number of nitriles is 1. The summed E-state index contributed by atoms with van der Waals surface area (Å²) in [6.45, 7) is 4.83. The van der Waals surface area contributed by atoms with Crippen molar-refractivity contribution in [1.29, 1.82) is 5.26 Å². The molecular formula is C25H27N3O3S. The van der Waals surface area contributed by atoms with Gasteiger partial charge >= 0.3 is 5.97 Å². The number of nitrogens with zero attached hydrogens (tertiary/aromatic N) is 2. The lowest BCUT2D eigenvalue weighted by Crippen LogP contribution is -2.27. The number of carbonyl (C=O) groups excluding carboxylic acids is 1. The first-order chi connectivity index (χ1) is 15.5. The van der Waals surface area contributed by atoms with Crippen LogP contribution in [0.4, 0.5) is 0 Å². The van der Waals surface area contributed by atoms with Crippen LogP contribution in [-0.4, -0.2) is 37.3 Å². The number of methoxy groups -OCH3 is 1. The van der Waals surface area contributed by atoms with E-state index in [1.807, 2.05) is 32.0 Å². The van der Waals surface area contributed by atoms with Gasteiger partial charge in [-0.3, -0.25) is 9.79 Å². The van der Waals surface area contributed by atoms with Crippen LogP contribution in [0.5, 0.6) is 5.75 Å². The van der Waals surface area contributed by atoms with E-state index in [4.69, 9.17) is 14.5 Å². The van der Waals surface area contributed by atoms with Gasteiger partial charge in [-0.05, 0) is 61.6 Å². The van der Waals surface area contributed by atoms with E-state index in [0.717, 1.165) is 23.4 Å². The van der Waals surface area contributed by atoms with Gasteiger partial charge in [0.05, 0.1) is 42.2 Å². The van der Waals surface area contributed by atoms with Crippen molar-refractivity contribution in [3.63, 3.8) is 0 Å². The highest BCUT2D eigenvalue weighted by molar-refractivity contribution is 8.14. The van der Waals surface area contributed by atoms with Crippen molar-refractivity contribution >= 4 is 22.8 Å². The predicted molar refractivity (Wildman–Crippen MR) is 126 cm³/mol. The maximum absolute atomic E-state index is 11.5. The van der Waals surface area contributed by atoms with Crippen LogP contribution < -0.4 is 10.1 Å². The largest absolute Gasteiger partial charge is 0.490 e. The van der Waals surface area contributed by atoms with Crippen LogP contribution in [0.1, 0.15) is 59.4 Å². The lowest BCUT2D eigenvalue weighted by atomic mass is 9.99. The Hall–Kier alpha value is -2.82. The summed E-state index contributed by atoms with van der Waals surface area (Å²) in [5, 5.41) is 14.1. The molecule has 0 spiro atoms. The minimum absolute atomic E-state index is 0.0154. The number of nitrogens with one attached hydrogen (secondary N) is 1. The van der Waals surface area contributed by atoms with Crippen molar-refractivity contribution in [2.45, 2.75) is 44.1 Å². The monoisotopic (exact) mass is 449 g/mol. The molecule has 7 heteroatoms. The number of hydrogen-bond donors (Lipinski definition) is 1. The zero-order valence-corrected chi connectivity index (χ0v) is 19.4. The van der Waals surface area contributed by atoms with E-state index in [1.54, 1.807) is 11.8 Å². The Morgan fingerprint density at radius 1 is 1.31 bits per heavy atom. The molecule has 2 atom stereocenters. The highest BCUT2D eigenvalue weighted by Crippen LogP contribution is 2.43. The molecule has 166 valence electrons. The van der Waals surface area contributed by atoms with Gasteiger partial charge < -0.3 is 14.8 Å². The van der Waals surface area contributed by atoms with E-state index in [9.17, 15) is 10.1 Å². The topological polar surface area (TPSA) is 83.7 Å². The quantitative estimate of drug-likeness (QED) is 0.634. The molecule has 0 radical (unpaired) electrons. The van der Waals surface area contributed by atoms with Gasteiger partial charge in [-0.15, -0.1) is 0 Å². The molecule has 2 aliphatic rings. The summed E-state index contributed by atoms with van der Waals surface area (Å²) in [5.41, 5.74) is 5.43. The van der Waals surface area contributed by atoms with Crippen LogP contribution in [0.3, 0.4) is 0 Å². The molecule has 0 fully saturated rings. The zero-order chi connectivity index (χ0) is 22.7. The van der Waals surface area contributed by atoms with Gasteiger partial charge in [0, 0.05) is 11.6 Å². The Morgan fingerprint density at radius 2 is 2.12 bits per heavy atom. The summed E-state index contributed by atoms with van der Waals surface area (Å²) in [6, 6.07) is 14.6. The SMILES string of the molecule is COC(=O)CN[C@H]1CCc2c(C3CN=C(c4ccc(OC(C)C)c(C#N)c4)S3)cccc21. The van der Waals surface area contributed by atoms with Crippen molar-refractivity contribution < 1.29 is 14.3 Å². The third kappa shape index (κ3) is 4.67. The summed E-state index contributed by atoms with van der Waals surface area (Å²) in [5.74, 6) is 0.360. The average molecular weight is 450 g/mol. The average Bonchev–Trinajstić information content (AvgIpc) is 3.44. The van der Waals surface area contributed by atoms with E-state index in [0.29, 0.717) is 17.9 Å². The molecule has 1 aliphatic carbocycles. The number of esters is 1. The number of hydrogen-bond acceptors (Lipinski definition) is 7. The Bertz CT molecular complexity index is 1090. The minimum Gasteiger partial charge on any atom is -0.490 e. The molecule has 0 aromatic heterocycles. The molecule has 1 heterocycles. The third-order valence-corrected chi connectivity index (χ3v) is 7.01. The van der Waals surface area contributed by atoms with Gasteiger partial charge in [0.25, 0.3) is 0 Å². The van der Waals surface area contributed by atoms with Crippen LogP contribution in [-0.2, 0) is 16.0 Å². The molecule has 2 aromatic carbocycles. The fourth-order valence-corrected chi connectivity index (χ4v) is 5.46. The fourth-order valence-electron chi connectivity index (χ4n) is 4.28. The number of aliphatic imine (C=N–C) groups is 1. The van der Waals surface area contributed by atoms with Crippen molar-refractivity contribution in [3.8, 4) is 11.8 Å². The number of thioether (sulfide) groups is 1. The second-order valence-electron chi connectivity index (χ2n) is 8.20. The molecule has 0 bridgehead atoms. The third-order valence-electron chi connectivity index (χ3n) is 5.74. The fraction of sp³-hybridized carbons (Fsp3) is 0.400. The van der Waals surface area contributed by atoms with Crippen molar-refractivity contribution in [2.75, 3.05) is 20.2 Å². The second-order valence-corrected chi connectivity index (χ2v) is 9.40. The van der Waals surface area contributed by atoms with Gasteiger partial charge in [0.2, 0.25) is 0 Å². The Kier molecular flexibility index (Phi) is 6.83. The molecule has 2 aromatic rings. The Morgan fingerprint density at radius 3 is 2.88 bits per heavy atom. The smallest absolute Gasteiger partial charge is 0.319 e.